The van der Waals surface area contributed by atoms with E-state index in [9.17, 15) is 5.11 Å². The number of aliphatic hydroxyl groups is 1. The Morgan fingerprint density at radius 1 is 1.15 bits per heavy atom. The molecule has 0 saturated carbocycles. The minimum Gasteiger partial charge on any atom is -0.387 e. The third-order valence-corrected chi connectivity index (χ3v) is 5.42. The van der Waals surface area contributed by atoms with Gasteiger partial charge >= 0.3 is 0 Å². The number of fused-ring (bicyclic) bond motifs is 3. The zero-order chi connectivity index (χ0) is 18.4. The highest BCUT2D eigenvalue weighted by atomic mass is 32.2. The maximum atomic E-state index is 10.0. The highest BCUT2D eigenvalue weighted by Gasteiger charge is 2.19. The molecule has 1 aliphatic heterocycles. The third kappa shape index (κ3) is 2.81. The van der Waals surface area contributed by atoms with Crippen LogP contribution >= 0.6 is 11.8 Å². The van der Waals surface area contributed by atoms with Crippen LogP contribution in [0.1, 0.15) is 24.3 Å². The van der Waals surface area contributed by atoms with E-state index >= 15 is 0 Å². The Kier molecular flexibility index (Phi) is 3.76. The summed E-state index contributed by atoms with van der Waals surface area (Å²) in [6, 6.07) is 6.25. The van der Waals surface area contributed by atoms with Crippen molar-refractivity contribution in [2.45, 2.75) is 29.5 Å². The number of aliphatic hydroxyl groups excluding tert-OH is 1. The van der Waals surface area contributed by atoms with E-state index in [4.69, 9.17) is 0 Å². The number of hydrogen-bond acceptors (Lipinski definition) is 8. The highest BCUT2D eigenvalue weighted by molar-refractivity contribution is 7.99. The lowest BCUT2D eigenvalue weighted by atomic mass is 10.2. The molecule has 9 heteroatoms. The zero-order valence-electron chi connectivity index (χ0n) is 14.4. The van der Waals surface area contributed by atoms with Crippen molar-refractivity contribution in [1.29, 1.82) is 0 Å². The predicted octanol–water partition coefficient (Wildman–Crippen LogP) is 2.93. The fraction of sp³-hybridized carbons (Fsp3) is 0.167. The van der Waals surface area contributed by atoms with E-state index < -0.39 is 6.10 Å². The predicted molar refractivity (Wildman–Crippen MR) is 101 cm³/mol. The standard InChI is InChI=1S/C18H15N7OS/c1-10(26)14-15-16(22-8-21-14)23-9-25(15)7-11-2-3-13-12(6-11)24-17-18(27-13)20-5-4-19-17/h2-6,8-10,26H,7H2,1H3,(H,19,24). The molecule has 1 unspecified atom stereocenters. The average molecular weight is 377 g/mol. The number of nitrogens with zero attached hydrogens (tertiary/aromatic N) is 6. The fourth-order valence-electron chi connectivity index (χ4n) is 3.14. The van der Waals surface area contributed by atoms with E-state index in [2.05, 4.69) is 48.4 Å². The van der Waals surface area contributed by atoms with Crippen molar-refractivity contribution in [2.75, 3.05) is 5.32 Å². The summed E-state index contributed by atoms with van der Waals surface area (Å²) in [6.45, 7) is 2.29. The molecule has 0 spiro atoms. The normalized spacial score (nSPS) is 13.7. The van der Waals surface area contributed by atoms with Gasteiger partial charge in [0.2, 0.25) is 0 Å². The van der Waals surface area contributed by atoms with E-state index in [-0.39, 0.29) is 0 Å². The van der Waals surface area contributed by atoms with Crippen LogP contribution < -0.4 is 5.32 Å². The van der Waals surface area contributed by atoms with Crippen LogP contribution in [0.2, 0.25) is 0 Å². The topological polar surface area (TPSA) is 102 Å². The van der Waals surface area contributed by atoms with Gasteiger partial charge in [-0.25, -0.2) is 24.9 Å². The van der Waals surface area contributed by atoms with Crippen molar-refractivity contribution in [3.8, 4) is 0 Å². The van der Waals surface area contributed by atoms with E-state index in [1.807, 2.05) is 4.57 Å². The van der Waals surface area contributed by atoms with E-state index in [1.54, 1.807) is 37.4 Å². The van der Waals surface area contributed by atoms with Crippen LogP contribution in [-0.4, -0.2) is 34.6 Å². The maximum Gasteiger partial charge on any atom is 0.181 e. The van der Waals surface area contributed by atoms with Gasteiger partial charge in [0.15, 0.2) is 11.5 Å². The summed E-state index contributed by atoms with van der Waals surface area (Å²) < 4.78 is 1.96. The average Bonchev–Trinajstić information content (AvgIpc) is 3.09. The van der Waals surface area contributed by atoms with Crippen LogP contribution in [0.3, 0.4) is 0 Å². The summed E-state index contributed by atoms with van der Waals surface area (Å²) in [6.07, 6.45) is 5.84. The molecular weight excluding hydrogens is 362 g/mol. The molecule has 1 aromatic carbocycles. The quantitative estimate of drug-likeness (QED) is 0.495. The van der Waals surface area contributed by atoms with Gasteiger partial charge in [-0.1, -0.05) is 17.8 Å². The highest BCUT2D eigenvalue weighted by Crippen LogP contribution is 2.42. The molecule has 27 heavy (non-hydrogen) atoms. The monoisotopic (exact) mass is 377 g/mol. The maximum absolute atomic E-state index is 10.0. The van der Waals surface area contributed by atoms with Crippen LogP contribution in [0, 0.1) is 0 Å². The molecule has 8 nitrogen and oxygen atoms in total. The Hall–Kier alpha value is -3.04. The van der Waals surface area contributed by atoms with Crippen molar-refractivity contribution in [2.24, 2.45) is 0 Å². The molecule has 0 radical (unpaired) electrons. The van der Waals surface area contributed by atoms with Crippen molar-refractivity contribution < 1.29 is 5.11 Å². The number of rotatable bonds is 3. The molecular formula is C18H15N7OS. The van der Waals surface area contributed by atoms with Crippen molar-refractivity contribution in [3.05, 3.63) is 54.5 Å². The van der Waals surface area contributed by atoms with Gasteiger partial charge in [0.05, 0.1) is 23.8 Å². The second-order valence-electron chi connectivity index (χ2n) is 6.25. The van der Waals surface area contributed by atoms with E-state index in [0.717, 1.165) is 32.5 Å². The first-order valence-electron chi connectivity index (χ1n) is 8.41. The first-order chi connectivity index (χ1) is 13.2. The van der Waals surface area contributed by atoms with Gasteiger partial charge < -0.3 is 15.0 Å². The first-order valence-corrected chi connectivity index (χ1v) is 9.23. The zero-order valence-corrected chi connectivity index (χ0v) is 15.2. The summed E-state index contributed by atoms with van der Waals surface area (Å²) in [5.74, 6) is 0.769. The molecule has 1 aliphatic rings. The molecule has 0 bridgehead atoms. The van der Waals surface area contributed by atoms with Gasteiger partial charge in [-0.15, -0.1) is 0 Å². The lowest BCUT2D eigenvalue weighted by Gasteiger charge is -2.19. The van der Waals surface area contributed by atoms with Gasteiger partial charge in [0.1, 0.15) is 16.9 Å². The van der Waals surface area contributed by atoms with Crippen LogP contribution in [0.25, 0.3) is 11.2 Å². The summed E-state index contributed by atoms with van der Waals surface area (Å²) in [7, 11) is 0. The third-order valence-electron chi connectivity index (χ3n) is 4.35. The van der Waals surface area contributed by atoms with Crippen molar-refractivity contribution >= 4 is 34.4 Å². The molecule has 5 rings (SSSR count). The summed E-state index contributed by atoms with van der Waals surface area (Å²) >= 11 is 1.60. The SMILES string of the molecule is CC(O)c1ncnc2ncn(Cc3ccc4c(c3)Nc3nccnc3S4)c12. The molecule has 4 heterocycles. The number of benzene rings is 1. The summed E-state index contributed by atoms with van der Waals surface area (Å²) in [5, 5.41) is 14.2. The molecule has 0 aliphatic carbocycles. The Morgan fingerprint density at radius 2 is 2.04 bits per heavy atom. The van der Waals surface area contributed by atoms with E-state index in [0.29, 0.717) is 17.9 Å². The van der Waals surface area contributed by atoms with Crippen LogP contribution in [-0.2, 0) is 6.54 Å². The lowest BCUT2D eigenvalue weighted by molar-refractivity contribution is 0.195. The van der Waals surface area contributed by atoms with Crippen molar-refractivity contribution in [3.63, 3.8) is 0 Å². The number of hydrogen-bond donors (Lipinski definition) is 2. The molecule has 1 atom stereocenters. The fourth-order valence-corrected chi connectivity index (χ4v) is 4.01. The Bertz CT molecular complexity index is 1160. The van der Waals surface area contributed by atoms with Gasteiger partial charge in [-0.2, -0.15) is 0 Å². The number of anilines is 2. The molecule has 0 amide bonds. The smallest absolute Gasteiger partial charge is 0.181 e. The van der Waals surface area contributed by atoms with Crippen LogP contribution in [0.5, 0.6) is 0 Å². The van der Waals surface area contributed by atoms with Gasteiger partial charge in [0, 0.05) is 23.8 Å². The molecule has 0 fully saturated rings. The van der Waals surface area contributed by atoms with Gasteiger partial charge in [0.25, 0.3) is 0 Å². The Balaban J connectivity index is 1.50. The summed E-state index contributed by atoms with van der Waals surface area (Å²) in [5.41, 5.74) is 4.00. The van der Waals surface area contributed by atoms with Gasteiger partial charge in [-0.05, 0) is 24.6 Å². The molecule has 2 N–H and O–H groups in total. The molecule has 3 aromatic heterocycles. The second-order valence-corrected chi connectivity index (χ2v) is 7.28. The van der Waals surface area contributed by atoms with Crippen LogP contribution in [0.4, 0.5) is 11.5 Å². The molecule has 0 saturated heterocycles. The van der Waals surface area contributed by atoms with Gasteiger partial charge in [-0.3, -0.25) is 0 Å². The second kappa shape index (κ2) is 6.29. The first kappa shape index (κ1) is 16.2. The minimum atomic E-state index is -0.692. The number of aromatic nitrogens is 6. The Morgan fingerprint density at radius 3 is 2.93 bits per heavy atom. The lowest BCUT2D eigenvalue weighted by Crippen LogP contribution is -2.07. The summed E-state index contributed by atoms with van der Waals surface area (Å²) in [4.78, 5) is 22.6. The molecule has 134 valence electrons. The Labute approximate surface area is 158 Å². The largest absolute Gasteiger partial charge is 0.387 e. The van der Waals surface area contributed by atoms with E-state index in [1.165, 1.54) is 6.33 Å². The molecule has 4 aromatic rings. The number of imidazole rings is 1. The van der Waals surface area contributed by atoms with Crippen molar-refractivity contribution in [1.82, 2.24) is 29.5 Å². The minimum absolute atomic E-state index is 0.577. The van der Waals surface area contributed by atoms with Crippen LogP contribution in [0.15, 0.2) is 53.2 Å². The number of nitrogens with one attached hydrogen (secondary N) is 1.